The lowest BCUT2D eigenvalue weighted by atomic mass is 9.95. The van der Waals surface area contributed by atoms with Crippen LogP contribution in [0.1, 0.15) is 16.7 Å². The first kappa shape index (κ1) is 17.5. The van der Waals surface area contributed by atoms with Gasteiger partial charge in [-0.1, -0.05) is 24.3 Å². The molecule has 0 fully saturated rings. The van der Waals surface area contributed by atoms with E-state index in [1.807, 2.05) is 19.1 Å². The van der Waals surface area contributed by atoms with Crippen molar-refractivity contribution in [3.8, 4) is 11.3 Å². The number of rotatable bonds is 1. The summed E-state index contributed by atoms with van der Waals surface area (Å²) in [5, 5.41) is 3.38. The summed E-state index contributed by atoms with van der Waals surface area (Å²) >= 11 is 0. The zero-order valence-corrected chi connectivity index (χ0v) is 17.0. The summed E-state index contributed by atoms with van der Waals surface area (Å²) in [5.41, 5.74) is 9.11. The van der Waals surface area contributed by atoms with Gasteiger partial charge in [0.05, 0.1) is 12.1 Å². The van der Waals surface area contributed by atoms with E-state index in [9.17, 15) is 0 Å². The molecule has 0 aliphatic carbocycles. The lowest BCUT2D eigenvalue weighted by Crippen LogP contribution is -2.32. The average molecular weight is 377 g/mol. The average Bonchev–Trinajstić information content (AvgIpc) is 3.09. The molecular formula is C26H21N2O+. The molecule has 0 atom stereocenters. The first-order chi connectivity index (χ1) is 14.0. The van der Waals surface area contributed by atoms with Crippen molar-refractivity contribution in [1.82, 2.24) is 0 Å². The number of hydrogen-bond donors (Lipinski definition) is 0. The Labute approximate surface area is 169 Å². The number of furan rings is 1. The number of fused-ring (bicyclic) bond motifs is 4. The van der Waals surface area contributed by atoms with Crippen LogP contribution in [-0.4, -0.2) is 0 Å². The Bertz CT molecular complexity index is 1500. The fourth-order valence-corrected chi connectivity index (χ4v) is 4.35. The molecule has 0 aliphatic heterocycles. The van der Waals surface area contributed by atoms with Gasteiger partial charge in [0.2, 0.25) is 11.2 Å². The van der Waals surface area contributed by atoms with Crippen LogP contribution in [-0.2, 0) is 7.05 Å². The Kier molecular flexibility index (Phi) is 3.72. The molecule has 2 aromatic heterocycles. The van der Waals surface area contributed by atoms with Crippen molar-refractivity contribution < 1.29 is 8.98 Å². The standard InChI is InChI=1S/C26H21N2O/c1-15-14-20-19-11-12-21(27-4)17(3)25(19)29-26(20)24(16(15)2)23-13-10-18-8-6-7-9-22(18)28(23)5/h6-14H,1-3,5H3/q+1. The Morgan fingerprint density at radius 2 is 1.66 bits per heavy atom. The van der Waals surface area contributed by atoms with E-state index < -0.39 is 0 Å². The molecule has 3 heteroatoms. The van der Waals surface area contributed by atoms with Crippen molar-refractivity contribution in [1.29, 1.82) is 0 Å². The molecule has 0 amide bonds. The Morgan fingerprint density at radius 1 is 0.862 bits per heavy atom. The molecule has 0 radical (unpaired) electrons. The van der Waals surface area contributed by atoms with Gasteiger partial charge in [-0.05, 0) is 55.7 Å². The van der Waals surface area contributed by atoms with Gasteiger partial charge in [-0.25, -0.2) is 4.85 Å². The van der Waals surface area contributed by atoms with E-state index in [4.69, 9.17) is 11.0 Å². The fourth-order valence-electron chi connectivity index (χ4n) is 4.35. The fraction of sp³-hybridized carbons (Fsp3) is 0.154. The van der Waals surface area contributed by atoms with Crippen molar-refractivity contribution in [2.75, 3.05) is 0 Å². The van der Waals surface area contributed by atoms with Crippen LogP contribution >= 0.6 is 0 Å². The van der Waals surface area contributed by atoms with Gasteiger partial charge in [0.25, 0.3) is 0 Å². The first-order valence-electron chi connectivity index (χ1n) is 9.73. The second kappa shape index (κ2) is 6.18. The van der Waals surface area contributed by atoms with Crippen molar-refractivity contribution in [2.45, 2.75) is 20.8 Å². The lowest BCUT2D eigenvalue weighted by Gasteiger charge is -2.10. The minimum Gasteiger partial charge on any atom is -0.456 e. The molecule has 2 heterocycles. The molecular weight excluding hydrogens is 356 g/mol. The highest BCUT2D eigenvalue weighted by molar-refractivity contribution is 6.11. The van der Waals surface area contributed by atoms with E-state index >= 15 is 0 Å². The maximum absolute atomic E-state index is 7.42. The molecule has 0 spiro atoms. The molecule has 0 aliphatic rings. The summed E-state index contributed by atoms with van der Waals surface area (Å²) in [4.78, 5) is 3.64. The number of para-hydroxylation sites is 1. The molecule has 29 heavy (non-hydrogen) atoms. The van der Waals surface area contributed by atoms with Gasteiger partial charge in [0.15, 0.2) is 5.69 Å². The number of pyridine rings is 1. The monoisotopic (exact) mass is 377 g/mol. The lowest BCUT2D eigenvalue weighted by molar-refractivity contribution is -0.633. The molecule has 0 saturated carbocycles. The van der Waals surface area contributed by atoms with Gasteiger partial charge >= 0.3 is 0 Å². The molecule has 3 aromatic carbocycles. The summed E-state index contributed by atoms with van der Waals surface area (Å²) in [5.74, 6) is 0. The number of benzene rings is 3. The van der Waals surface area contributed by atoms with Crippen LogP contribution in [0, 0.1) is 27.3 Å². The molecule has 0 saturated heterocycles. The van der Waals surface area contributed by atoms with Gasteiger partial charge in [-0.2, -0.15) is 4.57 Å². The highest BCUT2D eigenvalue weighted by Gasteiger charge is 2.24. The SMILES string of the molecule is [C-]#[N+]c1ccc2c(oc3c(-c4ccc5ccccc5[n+]4C)c(C)c(C)cc32)c1C. The van der Waals surface area contributed by atoms with Crippen LogP contribution in [0.25, 0.3) is 48.9 Å². The third-order valence-corrected chi connectivity index (χ3v) is 6.13. The Morgan fingerprint density at radius 3 is 2.45 bits per heavy atom. The van der Waals surface area contributed by atoms with Gasteiger partial charge in [-0.3, -0.25) is 0 Å². The predicted molar refractivity (Wildman–Crippen MR) is 118 cm³/mol. The van der Waals surface area contributed by atoms with E-state index in [0.717, 1.165) is 38.8 Å². The molecule has 140 valence electrons. The number of nitrogens with zero attached hydrogens (tertiary/aromatic N) is 2. The highest BCUT2D eigenvalue weighted by atomic mass is 16.3. The first-order valence-corrected chi connectivity index (χ1v) is 9.73. The second-order valence-corrected chi connectivity index (χ2v) is 7.71. The van der Waals surface area contributed by atoms with Gasteiger partial charge in [0, 0.05) is 28.3 Å². The zero-order chi connectivity index (χ0) is 20.3. The van der Waals surface area contributed by atoms with Crippen LogP contribution < -0.4 is 4.57 Å². The second-order valence-electron chi connectivity index (χ2n) is 7.71. The maximum Gasteiger partial charge on any atom is 0.216 e. The normalized spacial score (nSPS) is 11.4. The molecule has 0 N–H and O–H groups in total. The number of aromatic nitrogens is 1. The zero-order valence-electron chi connectivity index (χ0n) is 17.0. The van der Waals surface area contributed by atoms with Gasteiger partial charge in [-0.15, -0.1) is 0 Å². The largest absolute Gasteiger partial charge is 0.456 e. The summed E-state index contributed by atoms with van der Waals surface area (Å²) in [7, 11) is 2.11. The molecule has 3 nitrogen and oxygen atoms in total. The van der Waals surface area contributed by atoms with Crippen molar-refractivity contribution in [3.63, 3.8) is 0 Å². The van der Waals surface area contributed by atoms with Crippen LogP contribution in [0.3, 0.4) is 0 Å². The predicted octanol–water partition coefficient (Wildman–Crippen LogP) is 6.71. The van der Waals surface area contributed by atoms with Crippen LogP contribution in [0.2, 0.25) is 0 Å². The highest BCUT2D eigenvalue weighted by Crippen LogP contribution is 2.41. The summed E-state index contributed by atoms with van der Waals surface area (Å²) in [6.45, 7) is 13.7. The minimum atomic E-state index is 0.641. The molecule has 5 aromatic rings. The van der Waals surface area contributed by atoms with E-state index in [1.54, 1.807) is 0 Å². The van der Waals surface area contributed by atoms with Crippen molar-refractivity contribution in [3.05, 3.63) is 82.7 Å². The summed E-state index contributed by atoms with van der Waals surface area (Å²) in [6.07, 6.45) is 0. The van der Waals surface area contributed by atoms with Crippen molar-refractivity contribution >= 4 is 38.5 Å². The van der Waals surface area contributed by atoms with E-state index in [-0.39, 0.29) is 0 Å². The molecule has 5 rings (SSSR count). The third kappa shape index (κ3) is 2.39. The summed E-state index contributed by atoms with van der Waals surface area (Å²) in [6, 6.07) is 18.9. The van der Waals surface area contributed by atoms with Crippen molar-refractivity contribution in [2.24, 2.45) is 7.05 Å². The molecule has 0 unspecified atom stereocenters. The van der Waals surface area contributed by atoms with Crippen LogP contribution in [0.5, 0.6) is 0 Å². The summed E-state index contributed by atoms with van der Waals surface area (Å²) < 4.78 is 8.69. The van der Waals surface area contributed by atoms with Gasteiger partial charge in [0.1, 0.15) is 18.2 Å². The quantitative estimate of drug-likeness (QED) is 0.235. The van der Waals surface area contributed by atoms with Gasteiger partial charge < -0.3 is 4.42 Å². The van der Waals surface area contributed by atoms with Crippen LogP contribution in [0.4, 0.5) is 5.69 Å². The Balaban J connectivity index is 1.95. The maximum atomic E-state index is 7.42. The topological polar surface area (TPSA) is 21.4 Å². The third-order valence-electron chi connectivity index (χ3n) is 6.13. The smallest absolute Gasteiger partial charge is 0.216 e. The Hall–Kier alpha value is -3.64. The van der Waals surface area contributed by atoms with E-state index in [2.05, 4.69) is 72.8 Å². The number of aryl methyl sites for hydroxylation is 3. The minimum absolute atomic E-state index is 0.641. The van der Waals surface area contributed by atoms with E-state index in [1.165, 1.54) is 22.0 Å². The van der Waals surface area contributed by atoms with Crippen LogP contribution in [0.15, 0.2) is 59.0 Å². The molecule has 0 bridgehead atoms. The number of hydrogen-bond acceptors (Lipinski definition) is 1. The van der Waals surface area contributed by atoms with E-state index in [0.29, 0.717) is 5.69 Å².